The van der Waals surface area contributed by atoms with E-state index in [1.807, 2.05) is 6.20 Å². The van der Waals surface area contributed by atoms with Crippen LogP contribution in [0.4, 0.5) is 5.69 Å². The molecule has 4 heterocycles. The Morgan fingerprint density at radius 1 is 1.50 bits per heavy atom. The molecule has 0 saturated carbocycles. The van der Waals surface area contributed by atoms with Crippen LogP contribution < -0.4 is 15.5 Å². The largest absolute Gasteiger partial charge is 0.365 e. The summed E-state index contributed by atoms with van der Waals surface area (Å²) in [4.78, 5) is 14.2. The lowest BCUT2D eigenvalue weighted by Crippen LogP contribution is -2.48. The van der Waals surface area contributed by atoms with Gasteiger partial charge in [0.25, 0.3) is 5.91 Å². The van der Waals surface area contributed by atoms with E-state index in [4.69, 9.17) is 1.37 Å². The number of hydrogen-bond donors (Lipinski definition) is 2. The van der Waals surface area contributed by atoms with E-state index in [1.54, 1.807) is 22.8 Å². The summed E-state index contributed by atoms with van der Waals surface area (Å²) in [5, 5.41) is 10.2. The number of hydrogen-bond acceptors (Lipinski definition) is 4. The fraction of sp³-hybridized carbons (Fsp3) is 0.286. The van der Waals surface area contributed by atoms with Crippen LogP contribution in [0.1, 0.15) is 7.79 Å². The third-order valence-corrected chi connectivity index (χ3v) is 4.02. The summed E-state index contributed by atoms with van der Waals surface area (Å²) in [7, 11) is 0. The van der Waals surface area contributed by atoms with Gasteiger partial charge in [-0.15, -0.1) is 0 Å². The molecule has 2 aliphatic heterocycles. The second-order valence-electron chi connectivity index (χ2n) is 5.29. The average molecular weight is 271 g/mol. The molecular weight excluding hydrogens is 254 g/mol. The van der Waals surface area contributed by atoms with Crippen LogP contribution in [0, 0.1) is 0 Å². The van der Waals surface area contributed by atoms with Gasteiger partial charge >= 0.3 is 0 Å². The number of carbonyl (C=O) groups excluding carboxylic acids is 1. The van der Waals surface area contributed by atoms with E-state index in [1.165, 1.54) is 0 Å². The normalized spacial score (nSPS) is 26.2. The second-order valence-corrected chi connectivity index (χ2v) is 5.29. The van der Waals surface area contributed by atoms with Crippen molar-refractivity contribution >= 4 is 17.1 Å². The first-order chi connectivity index (χ1) is 10.1. The molecule has 20 heavy (non-hydrogen) atoms. The van der Waals surface area contributed by atoms with Gasteiger partial charge in [0, 0.05) is 12.7 Å². The molecule has 1 amide bonds. The molecular formula is C14H15N5O. The maximum absolute atomic E-state index is 12.1. The monoisotopic (exact) mass is 271 g/mol. The molecule has 2 aliphatic rings. The van der Waals surface area contributed by atoms with Crippen LogP contribution in [-0.4, -0.2) is 34.1 Å². The fourth-order valence-corrected chi connectivity index (χ4v) is 3.03. The zero-order chi connectivity index (χ0) is 14.6. The highest BCUT2D eigenvalue weighted by Crippen LogP contribution is 2.32. The number of aromatic nitrogens is 2. The van der Waals surface area contributed by atoms with Crippen LogP contribution in [0.25, 0.3) is 5.52 Å². The van der Waals surface area contributed by atoms with Crippen LogP contribution in [0.2, 0.25) is 0 Å². The number of amides is 1. The topological polar surface area (TPSA) is 61.7 Å². The molecule has 2 N–H and O–H groups in total. The fourth-order valence-electron chi connectivity index (χ4n) is 3.03. The Morgan fingerprint density at radius 2 is 2.40 bits per heavy atom. The zero-order valence-corrected chi connectivity index (χ0v) is 10.9. The number of carbonyl (C=O) groups is 1. The van der Waals surface area contributed by atoms with E-state index in [9.17, 15) is 4.79 Å². The Labute approximate surface area is 117 Å². The Kier molecular flexibility index (Phi) is 1.93. The molecule has 1 atom stereocenters. The Hall–Kier alpha value is -2.50. The number of nitrogens with zero attached hydrogens (tertiary/aromatic N) is 3. The Balaban J connectivity index is 1.72. The second kappa shape index (κ2) is 3.75. The minimum atomic E-state index is -0.609. The molecule has 2 fully saturated rings. The van der Waals surface area contributed by atoms with Crippen molar-refractivity contribution in [2.45, 2.75) is 12.0 Å². The molecule has 2 saturated heterocycles. The lowest BCUT2D eigenvalue weighted by atomic mass is 9.99. The van der Waals surface area contributed by atoms with Crippen molar-refractivity contribution in [1.29, 1.82) is 0 Å². The molecule has 1 spiro atoms. The summed E-state index contributed by atoms with van der Waals surface area (Å²) in [6, 6.07) is 3.97. The zero-order valence-electron chi connectivity index (χ0n) is 11.9. The summed E-state index contributed by atoms with van der Waals surface area (Å²) in [6.45, 7) is 5.06. The highest BCUT2D eigenvalue weighted by Gasteiger charge is 2.49. The number of rotatable bonds is 1. The molecule has 2 aromatic rings. The summed E-state index contributed by atoms with van der Waals surface area (Å²) in [6.07, 6.45) is 4.29. The van der Waals surface area contributed by atoms with Crippen LogP contribution in [0.15, 0.2) is 43.0 Å². The first-order valence-corrected chi connectivity index (χ1v) is 6.55. The summed E-state index contributed by atoms with van der Waals surface area (Å²) in [5.41, 5.74) is 1.05. The molecule has 102 valence electrons. The number of fused-ring (bicyclic) bond motifs is 1. The van der Waals surface area contributed by atoms with Crippen LogP contribution in [0.3, 0.4) is 0 Å². The molecule has 0 aliphatic carbocycles. The number of anilines is 1. The predicted molar refractivity (Wildman–Crippen MR) is 75.2 cm³/mol. The summed E-state index contributed by atoms with van der Waals surface area (Å²) in [5.74, 6) is 0.528. The van der Waals surface area contributed by atoms with E-state index >= 15 is 0 Å². The highest BCUT2D eigenvalue weighted by atomic mass is 16.2. The maximum Gasteiger partial charge on any atom is 0.253 e. The smallest absolute Gasteiger partial charge is 0.253 e. The molecule has 6 nitrogen and oxygen atoms in total. The molecule has 2 aromatic heterocycles. The molecule has 1 unspecified atom stereocenters. The number of nitrogens with one attached hydrogen (secondary N) is 2. The molecule has 0 bridgehead atoms. The van der Waals surface area contributed by atoms with Gasteiger partial charge in [0.05, 0.1) is 31.1 Å². The lowest BCUT2D eigenvalue weighted by Gasteiger charge is -2.22. The van der Waals surface area contributed by atoms with Gasteiger partial charge in [-0.2, -0.15) is 5.10 Å². The van der Waals surface area contributed by atoms with Crippen molar-refractivity contribution in [1.82, 2.24) is 20.2 Å². The maximum atomic E-state index is 12.1. The van der Waals surface area contributed by atoms with Gasteiger partial charge in [-0.25, -0.2) is 4.52 Å². The lowest BCUT2D eigenvalue weighted by molar-refractivity contribution is -0.123. The van der Waals surface area contributed by atoms with Crippen LogP contribution in [0.5, 0.6) is 0 Å². The first-order valence-electron chi connectivity index (χ1n) is 7.05. The predicted octanol–water partition coefficient (Wildman–Crippen LogP) is 0.474. The van der Waals surface area contributed by atoms with E-state index < -0.39 is 5.54 Å². The van der Waals surface area contributed by atoms with Crippen LogP contribution >= 0.6 is 0 Å². The van der Waals surface area contributed by atoms with E-state index in [0.717, 1.165) is 17.7 Å². The Morgan fingerprint density at radius 3 is 3.20 bits per heavy atom. The van der Waals surface area contributed by atoms with Crippen LogP contribution in [-0.2, 0) is 4.79 Å². The van der Waals surface area contributed by atoms with E-state index in [-0.39, 0.29) is 5.91 Å². The van der Waals surface area contributed by atoms with Gasteiger partial charge in [0.2, 0.25) is 0 Å². The molecule has 0 aromatic carbocycles. The van der Waals surface area contributed by atoms with Gasteiger partial charge in [-0.05, 0) is 18.5 Å². The first kappa shape index (κ1) is 10.3. The van der Waals surface area contributed by atoms with E-state index in [2.05, 4.69) is 27.2 Å². The molecule has 0 radical (unpaired) electrons. The van der Waals surface area contributed by atoms with Crippen molar-refractivity contribution in [3.8, 4) is 0 Å². The SMILES string of the molecule is [3H]c1cccn2ncc(N3CCC4(C3)NC(=C)NC4=O)c12. The van der Waals surface area contributed by atoms with Gasteiger partial charge in [0.15, 0.2) is 0 Å². The van der Waals surface area contributed by atoms with Crippen molar-refractivity contribution in [2.75, 3.05) is 18.0 Å². The quantitative estimate of drug-likeness (QED) is 0.791. The third kappa shape index (κ3) is 1.44. The third-order valence-electron chi connectivity index (χ3n) is 4.02. The number of pyridine rings is 1. The minimum Gasteiger partial charge on any atom is -0.365 e. The molecule has 4 rings (SSSR count). The van der Waals surface area contributed by atoms with Gasteiger partial charge in [0.1, 0.15) is 5.54 Å². The van der Waals surface area contributed by atoms with Gasteiger partial charge in [-0.3, -0.25) is 4.79 Å². The Bertz CT molecular complexity index is 770. The van der Waals surface area contributed by atoms with Gasteiger partial charge < -0.3 is 15.5 Å². The van der Waals surface area contributed by atoms with Crippen molar-refractivity contribution < 1.29 is 6.17 Å². The van der Waals surface area contributed by atoms with Crippen molar-refractivity contribution in [3.05, 3.63) is 43.0 Å². The standard InChI is InChI=1S/C14H15N5O/c1-10-16-13(20)14(17-10)5-7-18(9-14)12-8-15-19-6-3-2-4-11(12)19/h2-4,6,8,17H,1,5,7,9H2,(H,16,20)/i4T. The van der Waals surface area contributed by atoms with Gasteiger partial charge in [-0.1, -0.05) is 12.6 Å². The van der Waals surface area contributed by atoms with Crippen molar-refractivity contribution in [2.24, 2.45) is 0 Å². The summed E-state index contributed by atoms with van der Waals surface area (Å²) >= 11 is 0. The van der Waals surface area contributed by atoms with E-state index in [0.29, 0.717) is 24.8 Å². The average Bonchev–Trinajstić information content (AvgIpc) is 3.09. The highest BCUT2D eigenvalue weighted by molar-refractivity contribution is 5.92. The van der Waals surface area contributed by atoms with Crippen molar-refractivity contribution in [3.63, 3.8) is 0 Å². The minimum absolute atomic E-state index is 0.0300. The molecule has 6 heteroatoms. The summed E-state index contributed by atoms with van der Waals surface area (Å²) < 4.78 is 9.76.